The van der Waals surface area contributed by atoms with Crippen LogP contribution >= 0.6 is 0 Å². The van der Waals surface area contributed by atoms with Crippen LogP contribution in [0.15, 0.2) is 83.8 Å². The van der Waals surface area contributed by atoms with Crippen molar-refractivity contribution in [2.24, 2.45) is 5.73 Å². The van der Waals surface area contributed by atoms with Gasteiger partial charge in [-0.3, -0.25) is 4.79 Å². The molecule has 178 valence electrons. The molecule has 1 fully saturated rings. The number of aryl methyl sites for hydroxylation is 1. The molecule has 0 saturated carbocycles. The van der Waals surface area contributed by atoms with E-state index in [2.05, 4.69) is 36.4 Å². The van der Waals surface area contributed by atoms with Gasteiger partial charge in [0.25, 0.3) is 0 Å². The summed E-state index contributed by atoms with van der Waals surface area (Å²) in [7, 11) is -3.94. The predicted molar refractivity (Wildman–Crippen MR) is 131 cm³/mol. The lowest BCUT2D eigenvalue weighted by molar-refractivity contribution is -0.122. The van der Waals surface area contributed by atoms with E-state index in [1.165, 1.54) is 28.8 Å². The molecule has 1 aliphatic rings. The van der Waals surface area contributed by atoms with Crippen molar-refractivity contribution < 1.29 is 22.7 Å². The number of hydrogen-bond acceptors (Lipinski definition) is 5. The van der Waals surface area contributed by atoms with E-state index >= 15 is 0 Å². The molecular weight excluding hydrogens is 450 g/mol. The van der Waals surface area contributed by atoms with Crippen molar-refractivity contribution in [3.05, 3.63) is 84.4 Å². The van der Waals surface area contributed by atoms with Crippen LogP contribution in [-0.4, -0.2) is 38.9 Å². The summed E-state index contributed by atoms with van der Waals surface area (Å²) in [4.78, 5) is 12.2. The van der Waals surface area contributed by atoms with Gasteiger partial charge in [-0.1, -0.05) is 54.6 Å². The molecule has 0 aliphatic carbocycles. The molecule has 0 radical (unpaired) electrons. The number of hydrogen-bond donors (Lipinski definition) is 1. The second-order valence-corrected chi connectivity index (χ2v) is 10.7. The van der Waals surface area contributed by atoms with E-state index in [0.717, 1.165) is 12.8 Å². The molecular formula is C27H29NO5S. The van der Waals surface area contributed by atoms with Gasteiger partial charge in [-0.05, 0) is 66.6 Å². The van der Waals surface area contributed by atoms with Crippen LogP contribution in [0.4, 0.5) is 0 Å². The highest BCUT2D eigenvalue weighted by Crippen LogP contribution is 2.35. The second-order valence-electron chi connectivity index (χ2n) is 8.46. The third-order valence-electron chi connectivity index (χ3n) is 6.31. The van der Waals surface area contributed by atoms with Crippen LogP contribution in [-0.2, 0) is 25.8 Å². The Labute approximate surface area is 200 Å². The quantitative estimate of drug-likeness (QED) is 0.465. The van der Waals surface area contributed by atoms with E-state index in [-0.39, 0.29) is 31.0 Å². The zero-order valence-electron chi connectivity index (χ0n) is 19.0. The lowest BCUT2D eigenvalue weighted by atomic mass is 9.98. The van der Waals surface area contributed by atoms with Crippen molar-refractivity contribution in [3.63, 3.8) is 0 Å². The van der Waals surface area contributed by atoms with Crippen LogP contribution in [0.1, 0.15) is 24.8 Å². The summed E-state index contributed by atoms with van der Waals surface area (Å²) in [5, 5.41) is 0. The fraction of sp³-hybridized carbons (Fsp3) is 0.296. The van der Waals surface area contributed by atoms with Gasteiger partial charge < -0.3 is 15.2 Å². The normalized spacial score (nSPS) is 15.5. The van der Waals surface area contributed by atoms with E-state index in [1.807, 2.05) is 18.2 Å². The molecule has 34 heavy (non-hydrogen) atoms. The first kappa shape index (κ1) is 24.0. The lowest BCUT2D eigenvalue weighted by Gasteiger charge is -2.33. The van der Waals surface area contributed by atoms with Crippen LogP contribution < -0.4 is 10.5 Å². The Hall–Kier alpha value is -3.16. The molecule has 0 spiro atoms. The van der Waals surface area contributed by atoms with E-state index in [1.54, 1.807) is 12.1 Å². The van der Waals surface area contributed by atoms with E-state index < -0.39 is 20.5 Å². The number of benzene rings is 3. The highest BCUT2D eigenvalue weighted by atomic mass is 32.2. The van der Waals surface area contributed by atoms with Gasteiger partial charge in [-0.15, -0.1) is 0 Å². The maximum absolute atomic E-state index is 13.2. The number of carbonyl (C=O) groups excluding carboxylic acids is 1. The molecule has 1 heterocycles. The van der Waals surface area contributed by atoms with E-state index in [0.29, 0.717) is 12.4 Å². The summed E-state index contributed by atoms with van der Waals surface area (Å²) < 4.78 is 35.9. The average Bonchev–Trinajstić information content (AvgIpc) is 2.88. The van der Waals surface area contributed by atoms with Crippen molar-refractivity contribution in [1.82, 2.24) is 0 Å². The first-order chi connectivity index (χ1) is 16.4. The van der Waals surface area contributed by atoms with Gasteiger partial charge in [-0.2, -0.15) is 0 Å². The summed E-state index contributed by atoms with van der Waals surface area (Å²) in [5.74, 6) is -0.246. The molecule has 0 atom stereocenters. The number of primary amides is 1. The molecule has 0 bridgehead atoms. The molecule has 4 rings (SSSR count). The lowest BCUT2D eigenvalue weighted by Crippen LogP contribution is -2.53. The van der Waals surface area contributed by atoms with Gasteiger partial charge in [0.05, 0.1) is 11.5 Å². The smallest absolute Gasteiger partial charge is 0.239 e. The fourth-order valence-electron chi connectivity index (χ4n) is 4.29. The van der Waals surface area contributed by atoms with Crippen LogP contribution in [0.25, 0.3) is 11.1 Å². The van der Waals surface area contributed by atoms with Crippen LogP contribution in [0, 0.1) is 0 Å². The topological polar surface area (TPSA) is 95.7 Å². The monoisotopic (exact) mass is 479 g/mol. The highest BCUT2D eigenvalue weighted by molar-refractivity contribution is 7.93. The number of ether oxygens (including phenoxy) is 2. The third-order valence-corrected chi connectivity index (χ3v) is 8.84. The van der Waals surface area contributed by atoms with Crippen molar-refractivity contribution >= 4 is 15.7 Å². The third kappa shape index (κ3) is 5.00. The number of amides is 1. The molecule has 6 nitrogen and oxygen atoms in total. The molecule has 2 N–H and O–H groups in total. The van der Waals surface area contributed by atoms with Crippen LogP contribution in [0.3, 0.4) is 0 Å². The molecule has 0 aromatic heterocycles. The van der Waals surface area contributed by atoms with Crippen molar-refractivity contribution in [2.75, 3.05) is 19.8 Å². The minimum Gasteiger partial charge on any atom is -0.494 e. The Bertz CT molecular complexity index is 1220. The maximum Gasteiger partial charge on any atom is 0.239 e. The number of carbonyl (C=O) groups is 1. The molecule has 0 unspecified atom stereocenters. The van der Waals surface area contributed by atoms with Crippen molar-refractivity contribution in [3.8, 4) is 16.9 Å². The number of rotatable bonds is 9. The van der Waals surface area contributed by atoms with Gasteiger partial charge in [0, 0.05) is 13.2 Å². The molecule has 1 amide bonds. The van der Waals surface area contributed by atoms with Crippen LogP contribution in [0.5, 0.6) is 5.75 Å². The molecule has 1 aliphatic heterocycles. The molecule has 1 saturated heterocycles. The maximum atomic E-state index is 13.2. The van der Waals surface area contributed by atoms with Gasteiger partial charge in [-0.25, -0.2) is 8.42 Å². The van der Waals surface area contributed by atoms with Crippen LogP contribution in [0.2, 0.25) is 0 Å². The largest absolute Gasteiger partial charge is 0.494 e. The Morgan fingerprint density at radius 2 is 1.59 bits per heavy atom. The first-order valence-electron chi connectivity index (χ1n) is 11.4. The number of nitrogens with two attached hydrogens (primary N) is 1. The Morgan fingerprint density at radius 1 is 0.912 bits per heavy atom. The Morgan fingerprint density at radius 3 is 2.26 bits per heavy atom. The van der Waals surface area contributed by atoms with E-state index in [9.17, 15) is 13.2 Å². The highest BCUT2D eigenvalue weighted by Gasteiger charge is 2.51. The van der Waals surface area contributed by atoms with Crippen molar-refractivity contribution in [1.29, 1.82) is 0 Å². The molecule has 3 aromatic carbocycles. The summed E-state index contributed by atoms with van der Waals surface area (Å²) in [6.07, 6.45) is 1.82. The van der Waals surface area contributed by atoms with Gasteiger partial charge in [0.1, 0.15) is 5.75 Å². The van der Waals surface area contributed by atoms with E-state index in [4.69, 9.17) is 15.2 Å². The molecule has 7 heteroatoms. The SMILES string of the molecule is NC(=O)C1(S(=O)(=O)c2ccc(OCCCc3cccc(-c4ccccc4)c3)cc2)CCOCC1. The zero-order valence-corrected chi connectivity index (χ0v) is 19.8. The zero-order chi connectivity index (χ0) is 24.0. The minimum absolute atomic E-state index is 0.0639. The average molecular weight is 480 g/mol. The second kappa shape index (κ2) is 10.4. The summed E-state index contributed by atoms with van der Waals surface area (Å²) in [5.41, 5.74) is 9.14. The fourth-order valence-corrected chi connectivity index (χ4v) is 6.21. The molecule has 3 aromatic rings. The first-order valence-corrected chi connectivity index (χ1v) is 12.9. The standard InChI is InChI=1S/C27H29NO5S/c28-26(29)27(15-18-32-19-16-27)34(30,31)25-13-11-24(12-14-25)33-17-5-7-21-6-4-10-23(20-21)22-8-2-1-3-9-22/h1-4,6,8-14,20H,5,7,15-19H2,(H2,28,29). The summed E-state index contributed by atoms with van der Waals surface area (Å²) in [6.45, 7) is 0.888. The Kier molecular flexibility index (Phi) is 7.34. The minimum atomic E-state index is -3.94. The van der Waals surface area contributed by atoms with Gasteiger partial charge >= 0.3 is 0 Å². The van der Waals surface area contributed by atoms with Gasteiger partial charge in [0.2, 0.25) is 5.91 Å². The Balaban J connectivity index is 1.35. The number of sulfone groups is 1. The van der Waals surface area contributed by atoms with Crippen molar-refractivity contribution in [2.45, 2.75) is 35.3 Å². The van der Waals surface area contributed by atoms with Gasteiger partial charge in [0.15, 0.2) is 14.6 Å². The predicted octanol–water partition coefficient (Wildman–Crippen LogP) is 4.17. The summed E-state index contributed by atoms with van der Waals surface area (Å²) in [6, 6.07) is 24.9. The summed E-state index contributed by atoms with van der Waals surface area (Å²) >= 11 is 0.